The summed E-state index contributed by atoms with van der Waals surface area (Å²) in [6, 6.07) is 3.38. The zero-order chi connectivity index (χ0) is 16.3. The molecule has 122 valence electrons. The van der Waals surface area contributed by atoms with Gasteiger partial charge in [-0.25, -0.2) is 0 Å². The van der Waals surface area contributed by atoms with Crippen LogP contribution in [0.2, 0.25) is 5.02 Å². The Morgan fingerprint density at radius 3 is 2.45 bits per heavy atom. The molecule has 0 saturated heterocycles. The Balaban J connectivity index is 1.93. The normalized spacial score (nSPS) is 22.5. The minimum Gasteiger partial charge on any atom is -0.481 e. The van der Waals surface area contributed by atoms with Gasteiger partial charge >= 0.3 is 12.1 Å². The van der Waals surface area contributed by atoms with Crippen molar-refractivity contribution in [3.05, 3.63) is 34.3 Å². The van der Waals surface area contributed by atoms with E-state index in [1.165, 1.54) is 6.07 Å². The van der Waals surface area contributed by atoms with Crippen LogP contribution in [0.4, 0.5) is 13.2 Å². The predicted molar refractivity (Wildman–Crippen MR) is 76.7 cm³/mol. The molecule has 0 bridgehead atoms. The van der Waals surface area contributed by atoms with E-state index < -0.39 is 17.7 Å². The molecule has 2 rings (SSSR count). The number of nitrogens with one attached hydrogen (secondary N) is 1. The minimum atomic E-state index is -4.39. The summed E-state index contributed by atoms with van der Waals surface area (Å²) in [6.45, 7) is 0.241. The number of carboxylic acids is 1. The Hall–Kier alpha value is -1.27. The molecule has 0 amide bonds. The van der Waals surface area contributed by atoms with Crippen LogP contribution in [-0.4, -0.2) is 17.1 Å². The first-order valence-electron chi connectivity index (χ1n) is 7.09. The first-order chi connectivity index (χ1) is 10.3. The van der Waals surface area contributed by atoms with Gasteiger partial charge in [0.25, 0.3) is 0 Å². The van der Waals surface area contributed by atoms with E-state index in [0.29, 0.717) is 36.3 Å². The van der Waals surface area contributed by atoms with Gasteiger partial charge in [-0.3, -0.25) is 4.79 Å². The number of alkyl halides is 3. The summed E-state index contributed by atoms with van der Waals surface area (Å²) < 4.78 is 38.1. The second kappa shape index (κ2) is 6.87. The summed E-state index contributed by atoms with van der Waals surface area (Å²) in [7, 11) is 0. The van der Waals surface area contributed by atoms with E-state index in [2.05, 4.69) is 5.32 Å². The van der Waals surface area contributed by atoms with Gasteiger partial charge in [0.15, 0.2) is 0 Å². The van der Waals surface area contributed by atoms with Crippen LogP contribution >= 0.6 is 11.6 Å². The minimum absolute atomic E-state index is 0.112. The average molecular weight is 336 g/mol. The zero-order valence-corrected chi connectivity index (χ0v) is 12.5. The summed E-state index contributed by atoms with van der Waals surface area (Å²) in [6.07, 6.45) is -1.81. The monoisotopic (exact) mass is 335 g/mol. The van der Waals surface area contributed by atoms with Crippen molar-refractivity contribution in [3.8, 4) is 0 Å². The number of carbonyl (C=O) groups is 1. The highest BCUT2D eigenvalue weighted by Gasteiger charge is 2.31. The summed E-state index contributed by atoms with van der Waals surface area (Å²) >= 11 is 5.94. The Morgan fingerprint density at radius 1 is 1.27 bits per heavy atom. The van der Waals surface area contributed by atoms with Crippen LogP contribution in [0, 0.1) is 5.92 Å². The molecule has 0 unspecified atom stereocenters. The molecule has 1 aromatic carbocycles. The van der Waals surface area contributed by atoms with Crippen LogP contribution in [0.3, 0.4) is 0 Å². The Bertz CT molecular complexity index is 540. The first kappa shape index (κ1) is 17.1. The Morgan fingerprint density at radius 2 is 1.91 bits per heavy atom. The molecule has 1 aliphatic rings. The molecule has 3 nitrogen and oxygen atoms in total. The molecule has 1 saturated carbocycles. The van der Waals surface area contributed by atoms with Crippen molar-refractivity contribution in [1.29, 1.82) is 0 Å². The summed E-state index contributed by atoms with van der Waals surface area (Å²) in [4.78, 5) is 10.9. The van der Waals surface area contributed by atoms with E-state index in [1.807, 2.05) is 0 Å². The second-order valence-corrected chi connectivity index (χ2v) is 5.98. The highest BCUT2D eigenvalue weighted by molar-refractivity contribution is 6.31. The molecular formula is C15H17ClF3NO2. The smallest absolute Gasteiger partial charge is 0.416 e. The van der Waals surface area contributed by atoms with Crippen molar-refractivity contribution in [2.75, 3.05) is 0 Å². The van der Waals surface area contributed by atoms with Gasteiger partial charge in [0.05, 0.1) is 11.5 Å². The van der Waals surface area contributed by atoms with Gasteiger partial charge in [0.1, 0.15) is 0 Å². The number of hydrogen-bond acceptors (Lipinski definition) is 2. The molecule has 0 spiro atoms. The van der Waals surface area contributed by atoms with E-state index in [4.69, 9.17) is 16.7 Å². The van der Waals surface area contributed by atoms with Gasteiger partial charge in [-0.15, -0.1) is 0 Å². The summed E-state index contributed by atoms with van der Waals surface area (Å²) in [5.41, 5.74) is -0.319. The van der Waals surface area contributed by atoms with Crippen LogP contribution in [0.15, 0.2) is 18.2 Å². The van der Waals surface area contributed by atoms with Crippen LogP contribution in [-0.2, 0) is 17.5 Å². The standard InChI is InChI=1S/C15H17ClF3NO2/c16-13-6-3-11(15(17,18)19)7-10(13)8-20-12-4-1-9(2-5-12)14(21)22/h3,6-7,9,12,20H,1-2,4-5,8H2,(H,21,22). The number of hydrogen-bond donors (Lipinski definition) is 2. The van der Waals surface area contributed by atoms with Crippen molar-refractivity contribution < 1.29 is 23.1 Å². The second-order valence-electron chi connectivity index (χ2n) is 5.57. The molecule has 22 heavy (non-hydrogen) atoms. The van der Waals surface area contributed by atoms with E-state index in [0.717, 1.165) is 12.1 Å². The van der Waals surface area contributed by atoms with Crippen LogP contribution in [0.5, 0.6) is 0 Å². The van der Waals surface area contributed by atoms with Gasteiger partial charge in [0.2, 0.25) is 0 Å². The van der Waals surface area contributed by atoms with Gasteiger partial charge in [-0.2, -0.15) is 13.2 Å². The Labute approximate surface area is 131 Å². The van der Waals surface area contributed by atoms with Gasteiger partial charge in [0, 0.05) is 17.6 Å². The van der Waals surface area contributed by atoms with Crippen molar-refractivity contribution in [2.24, 2.45) is 5.92 Å². The number of benzene rings is 1. The highest BCUT2D eigenvalue weighted by Crippen LogP contribution is 2.32. The first-order valence-corrected chi connectivity index (χ1v) is 7.47. The van der Waals surface area contributed by atoms with Gasteiger partial charge < -0.3 is 10.4 Å². The largest absolute Gasteiger partial charge is 0.481 e. The van der Waals surface area contributed by atoms with Gasteiger partial charge in [-0.05, 0) is 49.4 Å². The molecule has 0 radical (unpaired) electrons. The number of rotatable bonds is 4. The topological polar surface area (TPSA) is 49.3 Å². The third-order valence-electron chi connectivity index (χ3n) is 4.03. The maximum Gasteiger partial charge on any atom is 0.416 e. The lowest BCUT2D eigenvalue weighted by Gasteiger charge is -2.27. The van der Waals surface area contributed by atoms with Crippen LogP contribution < -0.4 is 5.32 Å². The zero-order valence-electron chi connectivity index (χ0n) is 11.8. The molecule has 1 aliphatic carbocycles. The maximum absolute atomic E-state index is 12.7. The fourth-order valence-corrected chi connectivity index (χ4v) is 2.87. The van der Waals surface area contributed by atoms with E-state index in [9.17, 15) is 18.0 Å². The Kier molecular flexibility index (Phi) is 5.34. The quantitative estimate of drug-likeness (QED) is 0.871. The van der Waals surface area contributed by atoms with Crippen LogP contribution in [0.25, 0.3) is 0 Å². The lowest BCUT2D eigenvalue weighted by molar-refractivity contribution is -0.143. The SMILES string of the molecule is O=C(O)C1CCC(NCc2cc(C(F)(F)F)ccc2Cl)CC1. The highest BCUT2D eigenvalue weighted by atomic mass is 35.5. The van der Waals surface area contributed by atoms with E-state index >= 15 is 0 Å². The third kappa shape index (κ3) is 4.36. The number of carboxylic acid groups (broad SMARTS) is 1. The predicted octanol–water partition coefficient (Wildman–Crippen LogP) is 4.09. The third-order valence-corrected chi connectivity index (χ3v) is 4.40. The molecular weight excluding hydrogens is 319 g/mol. The lowest BCUT2D eigenvalue weighted by atomic mass is 9.86. The average Bonchev–Trinajstić information content (AvgIpc) is 2.45. The van der Waals surface area contributed by atoms with Gasteiger partial charge in [-0.1, -0.05) is 11.6 Å². The molecule has 1 aromatic rings. The molecule has 0 aliphatic heterocycles. The van der Waals surface area contributed by atoms with Crippen molar-refractivity contribution in [3.63, 3.8) is 0 Å². The summed E-state index contributed by atoms with van der Waals surface area (Å²) in [5, 5.41) is 12.4. The fourth-order valence-electron chi connectivity index (χ4n) is 2.69. The molecule has 2 N–H and O–H groups in total. The van der Waals surface area contributed by atoms with Crippen LogP contribution in [0.1, 0.15) is 36.8 Å². The fraction of sp³-hybridized carbons (Fsp3) is 0.533. The molecule has 1 fully saturated rings. The van der Waals surface area contributed by atoms with Crippen molar-refractivity contribution >= 4 is 17.6 Å². The van der Waals surface area contributed by atoms with E-state index in [1.54, 1.807) is 0 Å². The van der Waals surface area contributed by atoms with Crippen molar-refractivity contribution in [1.82, 2.24) is 5.32 Å². The molecule has 0 heterocycles. The maximum atomic E-state index is 12.7. The van der Waals surface area contributed by atoms with E-state index in [-0.39, 0.29) is 18.5 Å². The van der Waals surface area contributed by atoms with Crippen molar-refractivity contribution in [2.45, 2.75) is 44.4 Å². The molecule has 0 atom stereocenters. The lowest BCUT2D eigenvalue weighted by Crippen LogP contribution is -2.34. The number of halogens is 4. The molecule has 7 heteroatoms. The molecule has 0 aromatic heterocycles. The summed E-state index contributed by atoms with van der Waals surface area (Å²) in [5.74, 6) is -1.09. The number of aliphatic carboxylic acids is 1.